The molecule has 3 heterocycles. The van der Waals surface area contributed by atoms with Gasteiger partial charge in [0.25, 0.3) is 5.91 Å². The molecule has 1 aliphatic rings. The number of nitrogens with one attached hydrogen (secondary N) is 1. The molecule has 0 spiro atoms. The average Bonchev–Trinajstić information content (AvgIpc) is 3.54. The molecular weight excluding hydrogens is 444 g/mol. The summed E-state index contributed by atoms with van der Waals surface area (Å²) >= 11 is 0. The molecule has 0 unspecified atom stereocenters. The summed E-state index contributed by atoms with van der Waals surface area (Å²) in [6.07, 6.45) is 1.56. The smallest absolute Gasteiger partial charge is 0.277 e. The number of ether oxygens (including phenoxy) is 1. The van der Waals surface area contributed by atoms with E-state index < -0.39 is 5.54 Å². The van der Waals surface area contributed by atoms with Gasteiger partial charge in [-0.15, -0.1) is 0 Å². The summed E-state index contributed by atoms with van der Waals surface area (Å²) < 4.78 is 12.3. The van der Waals surface area contributed by atoms with E-state index in [0.717, 1.165) is 16.9 Å². The molecule has 0 saturated carbocycles. The Kier molecular flexibility index (Phi) is 5.64. The highest BCUT2D eigenvalue weighted by atomic mass is 16.5. The van der Waals surface area contributed by atoms with E-state index in [0.29, 0.717) is 29.4 Å². The Balaban J connectivity index is 1.51. The fourth-order valence-corrected chi connectivity index (χ4v) is 4.43. The number of hydrogen-bond donors (Lipinski definition) is 1. The number of carbonyl (C=O) groups excluding carboxylic acids is 2. The Morgan fingerprint density at radius 1 is 1.14 bits per heavy atom. The van der Waals surface area contributed by atoms with E-state index in [1.54, 1.807) is 48.1 Å². The zero-order valence-corrected chi connectivity index (χ0v) is 19.8. The first-order chi connectivity index (χ1) is 16.9. The van der Waals surface area contributed by atoms with Crippen LogP contribution in [-0.2, 0) is 17.9 Å². The van der Waals surface area contributed by atoms with E-state index in [2.05, 4.69) is 10.4 Å². The number of fused-ring (bicyclic) bond motifs is 1. The molecule has 2 aromatic carbocycles. The van der Waals surface area contributed by atoms with Gasteiger partial charge in [-0.1, -0.05) is 30.3 Å². The summed E-state index contributed by atoms with van der Waals surface area (Å²) in [6.45, 7) is 4.21. The van der Waals surface area contributed by atoms with Crippen LogP contribution in [0.25, 0.3) is 11.5 Å². The van der Waals surface area contributed by atoms with E-state index in [-0.39, 0.29) is 18.4 Å². The quantitative estimate of drug-likeness (QED) is 0.456. The molecule has 0 saturated heterocycles. The van der Waals surface area contributed by atoms with Gasteiger partial charge >= 0.3 is 0 Å². The fourth-order valence-electron chi connectivity index (χ4n) is 4.43. The van der Waals surface area contributed by atoms with Gasteiger partial charge in [0.1, 0.15) is 22.7 Å². The molecule has 178 valence electrons. The molecule has 8 heteroatoms. The molecule has 1 atom stereocenters. The molecule has 1 N–H and O–H groups in total. The summed E-state index contributed by atoms with van der Waals surface area (Å²) in [4.78, 5) is 29.2. The minimum Gasteiger partial charge on any atom is -0.497 e. The molecular formula is C27H26N4O4. The normalized spacial score (nSPS) is 17.2. The molecule has 5 rings (SSSR count). The number of nitrogens with zero attached hydrogens (tertiary/aromatic N) is 3. The lowest BCUT2D eigenvalue weighted by molar-refractivity contribution is -0.126. The zero-order valence-electron chi connectivity index (χ0n) is 19.8. The van der Waals surface area contributed by atoms with Crippen molar-refractivity contribution in [1.29, 1.82) is 0 Å². The second-order valence-corrected chi connectivity index (χ2v) is 8.78. The van der Waals surface area contributed by atoms with E-state index in [1.165, 1.54) is 0 Å². The Morgan fingerprint density at radius 3 is 2.60 bits per heavy atom. The molecule has 0 bridgehead atoms. The van der Waals surface area contributed by atoms with Gasteiger partial charge in [0.05, 0.1) is 19.9 Å². The van der Waals surface area contributed by atoms with Gasteiger partial charge in [0, 0.05) is 18.3 Å². The van der Waals surface area contributed by atoms with Crippen LogP contribution in [0, 0.1) is 6.92 Å². The molecule has 8 nitrogen and oxygen atoms in total. The number of anilines is 1. The van der Waals surface area contributed by atoms with Crippen molar-refractivity contribution in [2.24, 2.45) is 0 Å². The van der Waals surface area contributed by atoms with Crippen LogP contribution in [0.15, 0.2) is 77.4 Å². The van der Waals surface area contributed by atoms with Gasteiger partial charge in [0.2, 0.25) is 5.91 Å². The minimum atomic E-state index is -1.21. The molecule has 2 aromatic heterocycles. The van der Waals surface area contributed by atoms with E-state index in [4.69, 9.17) is 9.15 Å². The highest BCUT2D eigenvalue weighted by molar-refractivity contribution is 6.12. The van der Waals surface area contributed by atoms with Crippen molar-refractivity contribution in [2.75, 3.05) is 12.0 Å². The summed E-state index contributed by atoms with van der Waals surface area (Å²) in [7, 11) is 1.61. The predicted octanol–water partition coefficient (Wildman–Crippen LogP) is 4.20. The molecule has 4 aromatic rings. The van der Waals surface area contributed by atoms with Crippen LogP contribution in [0.4, 0.5) is 5.69 Å². The van der Waals surface area contributed by atoms with Crippen molar-refractivity contribution in [3.05, 3.63) is 89.8 Å². The maximum Gasteiger partial charge on any atom is 0.277 e. The van der Waals surface area contributed by atoms with Gasteiger partial charge in [0.15, 0.2) is 5.76 Å². The third kappa shape index (κ3) is 3.97. The lowest BCUT2D eigenvalue weighted by Gasteiger charge is -2.43. The first-order valence-corrected chi connectivity index (χ1v) is 11.3. The number of para-hydroxylation sites is 1. The first-order valence-electron chi connectivity index (χ1n) is 11.3. The van der Waals surface area contributed by atoms with Crippen LogP contribution >= 0.6 is 0 Å². The Hall–Kier alpha value is -4.33. The third-order valence-electron chi connectivity index (χ3n) is 6.38. The lowest BCUT2D eigenvalue weighted by Crippen LogP contribution is -2.64. The number of furan rings is 1. The van der Waals surface area contributed by atoms with Crippen molar-refractivity contribution in [1.82, 2.24) is 15.1 Å². The Morgan fingerprint density at radius 2 is 1.91 bits per heavy atom. The fraction of sp³-hybridized carbons (Fsp3) is 0.222. The number of aryl methyl sites for hydroxylation is 1. The van der Waals surface area contributed by atoms with Crippen molar-refractivity contribution in [3.63, 3.8) is 0 Å². The van der Waals surface area contributed by atoms with Crippen molar-refractivity contribution < 1.29 is 18.7 Å². The van der Waals surface area contributed by atoms with Gasteiger partial charge in [-0.2, -0.15) is 5.10 Å². The van der Waals surface area contributed by atoms with Crippen molar-refractivity contribution in [2.45, 2.75) is 32.5 Å². The third-order valence-corrected chi connectivity index (χ3v) is 6.38. The molecule has 2 amide bonds. The molecule has 0 radical (unpaired) electrons. The van der Waals surface area contributed by atoms with Gasteiger partial charge in [-0.25, -0.2) is 0 Å². The number of methoxy groups -OCH3 is 1. The largest absolute Gasteiger partial charge is 0.497 e. The molecule has 0 aliphatic carbocycles. The van der Waals surface area contributed by atoms with Crippen molar-refractivity contribution in [3.8, 4) is 17.2 Å². The maximum atomic E-state index is 13.9. The number of benzene rings is 2. The zero-order chi connectivity index (χ0) is 24.6. The molecule has 0 fully saturated rings. The molecule has 1 aliphatic heterocycles. The Labute approximate surface area is 203 Å². The predicted molar refractivity (Wildman–Crippen MR) is 131 cm³/mol. The summed E-state index contributed by atoms with van der Waals surface area (Å²) in [6, 6.07) is 20.3. The van der Waals surface area contributed by atoms with Gasteiger partial charge in [-0.3, -0.25) is 19.2 Å². The average molecular weight is 471 g/mol. The van der Waals surface area contributed by atoms with Crippen LogP contribution in [-0.4, -0.2) is 34.2 Å². The monoisotopic (exact) mass is 470 g/mol. The summed E-state index contributed by atoms with van der Waals surface area (Å²) in [5.74, 6) is 0.741. The summed E-state index contributed by atoms with van der Waals surface area (Å²) in [5.41, 5.74) is 2.24. The topological polar surface area (TPSA) is 89.6 Å². The maximum absolute atomic E-state index is 13.9. The number of hydrogen-bond acceptors (Lipinski definition) is 5. The van der Waals surface area contributed by atoms with Crippen LogP contribution < -0.4 is 15.0 Å². The second-order valence-electron chi connectivity index (χ2n) is 8.78. The highest BCUT2D eigenvalue weighted by Crippen LogP contribution is 2.35. The number of amides is 2. The molecule has 35 heavy (non-hydrogen) atoms. The van der Waals surface area contributed by atoms with E-state index >= 15 is 0 Å². The van der Waals surface area contributed by atoms with Crippen LogP contribution in [0.1, 0.15) is 28.5 Å². The van der Waals surface area contributed by atoms with Crippen LogP contribution in [0.5, 0.6) is 5.75 Å². The van der Waals surface area contributed by atoms with Crippen LogP contribution in [0.2, 0.25) is 0 Å². The number of rotatable bonds is 6. The van der Waals surface area contributed by atoms with E-state index in [9.17, 15) is 9.59 Å². The van der Waals surface area contributed by atoms with E-state index in [1.807, 2.05) is 55.5 Å². The lowest BCUT2D eigenvalue weighted by atomic mass is 9.93. The SMILES string of the molecule is COc1ccc(CNC(=O)[C@@]2(C)Cn3nc(-c4ccco4)cc3C(=O)N2c2ccccc2C)cc1. The van der Waals surface area contributed by atoms with Crippen molar-refractivity contribution >= 4 is 17.5 Å². The second kappa shape index (κ2) is 8.79. The Bertz CT molecular complexity index is 1370. The minimum absolute atomic E-state index is 0.192. The highest BCUT2D eigenvalue weighted by Gasteiger charge is 2.49. The summed E-state index contributed by atoms with van der Waals surface area (Å²) in [5, 5.41) is 7.61. The first kappa shape index (κ1) is 22.5. The number of carbonyl (C=O) groups is 2. The standard InChI is InChI=1S/C27H26N4O4/c1-18-7-4-5-8-22(18)31-25(32)23-15-21(24-9-6-14-35-24)29-30(23)17-27(31,2)26(33)28-16-19-10-12-20(34-3)13-11-19/h4-15H,16-17H2,1-3H3,(H,28,33)/t27-/m1/s1. The number of aromatic nitrogens is 2. The van der Waals surface area contributed by atoms with Gasteiger partial charge < -0.3 is 14.5 Å². The van der Waals surface area contributed by atoms with Gasteiger partial charge in [-0.05, 0) is 55.3 Å². The van der Waals surface area contributed by atoms with Crippen LogP contribution in [0.3, 0.4) is 0 Å².